The summed E-state index contributed by atoms with van der Waals surface area (Å²) in [6.07, 6.45) is 6.66. The lowest BCUT2D eigenvalue weighted by Gasteiger charge is -2.37. The maximum Gasteiger partial charge on any atom is 0.247 e. The molecular formula is C23H29NO4S. The maximum absolute atomic E-state index is 13.8. The number of amides is 1. The summed E-state index contributed by atoms with van der Waals surface area (Å²) in [5, 5.41) is 0. The number of methoxy groups -OCH3 is 1. The molecule has 3 aliphatic carbocycles. The lowest BCUT2D eigenvalue weighted by atomic mass is 9.69. The van der Waals surface area contributed by atoms with E-state index in [0.717, 1.165) is 36.1 Å². The van der Waals surface area contributed by atoms with Crippen LogP contribution >= 0.6 is 0 Å². The van der Waals surface area contributed by atoms with E-state index in [2.05, 4.69) is 20.8 Å². The fraction of sp³-hybridized carbons (Fsp3) is 0.609. The molecule has 4 aliphatic rings. The molecule has 156 valence electrons. The zero-order valence-electron chi connectivity index (χ0n) is 17.5. The van der Waals surface area contributed by atoms with E-state index in [4.69, 9.17) is 4.74 Å². The molecule has 2 bridgehead atoms. The van der Waals surface area contributed by atoms with Crippen molar-refractivity contribution in [3.63, 3.8) is 0 Å². The first-order valence-electron chi connectivity index (χ1n) is 10.5. The van der Waals surface area contributed by atoms with E-state index in [1.165, 1.54) is 4.31 Å². The molecule has 29 heavy (non-hydrogen) atoms. The van der Waals surface area contributed by atoms with E-state index in [1.807, 2.05) is 30.4 Å². The molecule has 1 amide bonds. The van der Waals surface area contributed by atoms with Gasteiger partial charge in [-0.15, -0.1) is 0 Å². The van der Waals surface area contributed by atoms with Crippen molar-refractivity contribution in [2.45, 2.75) is 57.9 Å². The quantitative estimate of drug-likeness (QED) is 0.689. The molecular weight excluding hydrogens is 386 g/mol. The van der Waals surface area contributed by atoms with Gasteiger partial charge in [-0.2, -0.15) is 0 Å². The fourth-order valence-electron chi connectivity index (χ4n) is 6.91. The third-order valence-corrected chi connectivity index (χ3v) is 10.5. The molecule has 5 atom stereocenters. The number of benzene rings is 1. The van der Waals surface area contributed by atoms with Crippen LogP contribution in [0.1, 0.15) is 63.0 Å². The van der Waals surface area contributed by atoms with Gasteiger partial charge in [0, 0.05) is 16.9 Å². The van der Waals surface area contributed by atoms with Gasteiger partial charge in [-0.3, -0.25) is 4.79 Å². The van der Waals surface area contributed by atoms with Gasteiger partial charge in [0.05, 0.1) is 24.8 Å². The highest BCUT2D eigenvalue weighted by Crippen LogP contribution is 2.70. The number of allylic oxidation sites excluding steroid dienone is 1. The van der Waals surface area contributed by atoms with Crippen molar-refractivity contribution in [3.8, 4) is 5.75 Å². The first kappa shape index (κ1) is 19.2. The molecule has 1 heterocycles. The number of hydrogen-bond acceptors (Lipinski definition) is 4. The van der Waals surface area contributed by atoms with Crippen LogP contribution in [0.5, 0.6) is 5.75 Å². The molecule has 6 heteroatoms. The van der Waals surface area contributed by atoms with Crippen molar-refractivity contribution in [1.29, 1.82) is 0 Å². The number of fused-ring (bicyclic) bond motifs is 2. The van der Waals surface area contributed by atoms with Gasteiger partial charge in [-0.1, -0.05) is 45.1 Å². The highest BCUT2D eigenvalue weighted by molar-refractivity contribution is 7.90. The Morgan fingerprint density at radius 3 is 2.69 bits per heavy atom. The third-order valence-electron chi connectivity index (χ3n) is 8.60. The Hall–Kier alpha value is -1.82. The van der Waals surface area contributed by atoms with Crippen molar-refractivity contribution in [3.05, 3.63) is 41.5 Å². The van der Waals surface area contributed by atoms with Gasteiger partial charge >= 0.3 is 0 Å². The second-order valence-corrected chi connectivity index (χ2v) is 11.7. The first-order chi connectivity index (χ1) is 13.6. The number of rotatable bonds is 2. The molecule has 3 fully saturated rings. The zero-order valence-corrected chi connectivity index (χ0v) is 18.3. The lowest BCUT2D eigenvalue weighted by molar-refractivity contribution is -0.129. The van der Waals surface area contributed by atoms with Gasteiger partial charge in [0.25, 0.3) is 0 Å². The molecule has 1 spiro atoms. The molecule has 1 saturated heterocycles. The average Bonchev–Trinajstić information content (AvgIpc) is 3.15. The molecule has 0 radical (unpaired) electrons. The Bertz CT molecular complexity index is 1030. The summed E-state index contributed by atoms with van der Waals surface area (Å²) in [5.74, 6) is 0.591. The van der Waals surface area contributed by atoms with Gasteiger partial charge in [-0.05, 0) is 42.2 Å². The largest absolute Gasteiger partial charge is 0.496 e. The molecule has 1 aliphatic heterocycles. The highest BCUT2D eigenvalue weighted by Gasteiger charge is 2.72. The van der Waals surface area contributed by atoms with Gasteiger partial charge < -0.3 is 4.74 Å². The van der Waals surface area contributed by atoms with Crippen LogP contribution in [-0.2, 0) is 14.8 Å². The lowest BCUT2D eigenvalue weighted by Crippen LogP contribution is -2.45. The van der Waals surface area contributed by atoms with Crippen LogP contribution in [0, 0.1) is 16.7 Å². The van der Waals surface area contributed by atoms with Crippen LogP contribution < -0.4 is 4.74 Å². The SMILES string of the molecule is COc1cccc2c1[C@H](C)C=C[C@@H]2C(=O)N1[C@@H]2C[C@H]3CC[C@]2(CS1(=O)=O)C3(C)C. The van der Waals surface area contributed by atoms with Gasteiger partial charge in [-0.25, -0.2) is 12.7 Å². The minimum atomic E-state index is -3.62. The van der Waals surface area contributed by atoms with E-state index >= 15 is 0 Å². The number of hydrogen-bond donors (Lipinski definition) is 0. The van der Waals surface area contributed by atoms with Gasteiger partial charge in [0.15, 0.2) is 0 Å². The van der Waals surface area contributed by atoms with Crippen LogP contribution in [0.15, 0.2) is 30.4 Å². The molecule has 1 aromatic rings. The van der Waals surface area contributed by atoms with Crippen molar-refractivity contribution < 1.29 is 17.9 Å². The van der Waals surface area contributed by atoms with Crippen LogP contribution in [0.2, 0.25) is 0 Å². The summed E-state index contributed by atoms with van der Waals surface area (Å²) in [4.78, 5) is 13.8. The standard InChI is InChI=1S/C23H29NO4S/c1-14-8-9-17(16-6-5-7-18(28-4)20(14)16)21(25)24-19-12-15-10-11-23(19,22(15,2)3)13-29(24,26)27/h5-9,14-15,17,19H,10-13H2,1-4H3/t14-,15-,17+,19-,23-/m1/s1. The molecule has 5 rings (SSSR count). The smallest absolute Gasteiger partial charge is 0.247 e. The third kappa shape index (κ3) is 2.27. The van der Waals surface area contributed by atoms with Crippen molar-refractivity contribution in [2.75, 3.05) is 12.9 Å². The number of sulfonamides is 1. The van der Waals surface area contributed by atoms with Crippen LogP contribution in [0.4, 0.5) is 0 Å². The van der Waals surface area contributed by atoms with Crippen LogP contribution in [0.25, 0.3) is 0 Å². The monoisotopic (exact) mass is 415 g/mol. The van der Waals surface area contributed by atoms with Crippen molar-refractivity contribution in [1.82, 2.24) is 4.31 Å². The average molecular weight is 416 g/mol. The minimum absolute atomic E-state index is 0.0438. The number of carbonyl (C=O) groups excluding carboxylic acids is 1. The molecule has 0 N–H and O–H groups in total. The predicted octanol–water partition coefficient (Wildman–Crippen LogP) is 3.82. The van der Waals surface area contributed by atoms with E-state index in [-0.39, 0.29) is 34.4 Å². The number of ether oxygens (including phenoxy) is 1. The molecule has 0 unspecified atom stereocenters. The molecule has 2 saturated carbocycles. The topological polar surface area (TPSA) is 63.7 Å². The summed E-state index contributed by atoms with van der Waals surface area (Å²) < 4.78 is 33.4. The molecule has 0 aromatic heterocycles. The molecule has 1 aromatic carbocycles. The first-order valence-corrected chi connectivity index (χ1v) is 12.2. The number of nitrogens with zero attached hydrogens (tertiary/aromatic N) is 1. The predicted molar refractivity (Wildman–Crippen MR) is 111 cm³/mol. The molecule has 5 nitrogen and oxygen atoms in total. The Kier molecular flexibility index (Phi) is 3.88. The Morgan fingerprint density at radius 2 is 2.00 bits per heavy atom. The van der Waals surface area contributed by atoms with Gasteiger partial charge in [0.2, 0.25) is 15.9 Å². The van der Waals surface area contributed by atoms with Crippen LogP contribution in [-0.4, -0.2) is 37.5 Å². The fourth-order valence-corrected chi connectivity index (χ4v) is 9.47. The summed E-state index contributed by atoms with van der Waals surface area (Å²) in [6, 6.07) is 5.51. The van der Waals surface area contributed by atoms with E-state index in [9.17, 15) is 13.2 Å². The van der Waals surface area contributed by atoms with Crippen molar-refractivity contribution in [2.24, 2.45) is 16.7 Å². The summed E-state index contributed by atoms with van der Waals surface area (Å²) in [6.45, 7) is 6.48. The Morgan fingerprint density at radius 1 is 1.24 bits per heavy atom. The zero-order chi connectivity index (χ0) is 20.8. The van der Waals surface area contributed by atoms with E-state index < -0.39 is 15.9 Å². The summed E-state index contributed by atoms with van der Waals surface area (Å²) >= 11 is 0. The Labute approximate surface area is 173 Å². The summed E-state index contributed by atoms with van der Waals surface area (Å²) in [5.41, 5.74) is 1.51. The second-order valence-electron chi connectivity index (χ2n) is 9.87. The second kappa shape index (κ2) is 5.87. The number of carbonyl (C=O) groups is 1. The highest BCUT2D eigenvalue weighted by atomic mass is 32.2. The van der Waals surface area contributed by atoms with E-state index in [0.29, 0.717) is 5.92 Å². The maximum atomic E-state index is 13.8. The minimum Gasteiger partial charge on any atom is -0.496 e. The van der Waals surface area contributed by atoms with Gasteiger partial charge in [0.1, 0.15) is 5.75 Å². The van der Waals surface area contributed by atoms with E-state index in [1.54, 1.807) is 7.11 Å². The normalized spacial score (nSPS) is 38.0. The Balaban J connectivity index is 1.58. The summed E-state index contributed by atoms with van der Waals surface area (Å²) in [7, 11) is -1.99. The van der Waals surface area contributed by atoms with Crippen LogP contribution in [0.3, 0.4) is 0 Å². The van der Waals surface area contributed by atoms with Crippen molar-refractivity contribution >= 4 is 15.9 Å².